The van der Waals surface area contributed by atoms with Gasteiger partial charge in [0.15, 0.2) is 0 Å². The molecule has 3 rings (SSSR count). The van der Waals surface area contributed by atoms with Gasteiger partial charge in [-0.3, -0.25) is 4.79 Å². The summed E-state index contributed by atoms with van der Waals surface area (Å²) in [7, 11) is -3.93. The standard InChI is InChI=1S/C21H23N3O5S2/c1-12(2)19(20(25)22-11-14-4-6-15(7-5-14)21(26)27)24-31(28,29)16-8-9-17-18(10-16)30-13(3)23-17/h4-10,12,19,24H,11H2,1-3H3,(H,22,25)(H,26,27). The summed E-state index contributed by atoms with van der Waals surface area (Å²) in [4.78, 5) is 28.0. The van der Waals surface area contributed by atoms with Gasteiger partial charge in [-0.1, -0.05) is 26.0 Å². The third-order valence-electron chi connectivity index (χ3n) is 4.68. The van der Waals surface area contributed by atoms with E-state index in [0.717, 1.165) is 15.2 Å². The average molecular weight is 462 g/mol. The topological polar surface area (TPSA) is 125 Å². The van der Waals surface area contributed by atoms with Gasteiger partial charge in [0, 0.05) is 6.54 Å². The number of aromatic carboxylic acids is 1. The third-order valence-corrected chi connectivity index (χ3v) is 7.05. The van der Waals surface area contributed by atoms with E-state index in [-0.39, 0.29) is 22.9 Å². The minimum absolute atomic E-state index is 0.0753. The van der Waals surface area contributed by atoms with Crippen LogP contribution in [0.1, 0.15) is 34.8 Å². The molecule has 0 aliphatic heterocycles. The van der Waals surface area contributed by atoms with Gasteiger partial charge in [-0.05, 0) is 48.7 Å². The fourth-order valence-corrected chi connectivity index (χ4v) is 5.29. The highest BCUT2D eigenvalue weighted by molar-refractivity contribution is 7.89. The van der Waals surface area contributed by atoms with Crippen molar-refractivity contribution in [1.29, 1.82) is 0 Å². The Morgan fingerprint density at radius 2 is 1.81 bits per heavy atom. The summed E-state index contributed by atoms with van der Waals surface area (Å²) in [5.41, 5.74) is 1.58. The van der Waals surface area contributed by atoms with Gasteiger partial charge in [0.1, 0.15) is 6.04 Å². The largest absolute Gasteiger partial charge is 0.478 e. The minimum Gasteiger partial charge on any atom is -0.478 e. The number of benzene rings is 2. The first-order valence-electron chi connectivity index (χ1n) is 9.56. The van der Waals surface area contributed by atoms with Crippen LogP contribution < -0.4 is 10.0 Å². The second kappa shape index (κ2) is 9.13. The lowest BCUT2D eigenvalue weighted by atomic mass is 10.0. The Kier molecular flexibility index (Phi) is 6.73. The summed E-state index contributed by atoms with van der Waals surface area (Å²) in [5, 5.41) is 12.5. The number of nitrogens with zero attached hydrogens (tertiary/aromatic N) is 1. The Labute approximate surface area is 184 Å². The quantitative estimate of drug-likeness (QED) is 0.474. The fourth-order valence-electron chi connectivity index (χ4n) is 2.98. The normalized spacial score (nSPS) is 12.8. The van der Waals surface area contributed by atoms with Crippen molar-refractivity contribution in [3.05, 3.63) is 58.6 Å². The first-order valence-corrected chi connectivity index (χ1v) is 11.9. The highest BCUT2D eigenvalue weighted by Gasteiger charge is 2.28. The molecule has 8 nitrogen and oxygen atoms in total. The van der Waals surface area contributed by atoms with Gasteiger partial charge >= 0.3 is 5.97 Å². The van der Waals surface area contributed by atoms with Gasteiger partial charge < -0.3 is 10.4 Å². The number of thiazole rings is 1. The molecule has 10 heteroatoms. The van der Waals surface area contributed by atoms with E-state index < -0.39 is 27.9 Å². The number of carboxylic acids is 1. The number of carbonyl (C=O) groups excluding carboxylic acids is 1. The predicted molar refractivity (Wildman–Crippen MR) is 119 cm³/mol. The zero-order chi connectivity index (χ0) is 22.8. The van der Waals surface area contributed by atoms with Crippen molar-refractivity contribution in [2.24, 2.45) is 5.92 Å². The summed E-state index contributed by atoms with van der Waals surface area (Å²) in [6.07, 6.45) is 0. The van der Waals surface area contributed by atoms with Gasteiger partial charge in [-0.15, -0.1) is 11.3 Å². The molecule has 0 aliphatic carbocycles. The van der Waals surface area contributed by atoms with Crippen molar-refractivity contribution < 1.29 is 23.1 Å². The van der Waals surface area contributed by atoms with Crippen LogP contribution in [-0.2, 0) is 21.4 Å². The van der Waals surface area contributed by atoms with Crippen molar-refractivity contribution in [2.75, 3.05) is 0 Å². The van der Waals surface area contributed by atoms with E-state index in [1.165, 1.54) is 29.5 Å². The molecule has 164 valence electrons. The molecule has 0 radical (unpaired) electrons. The zero-order valence-corrected chi connectivity index (χ0v) is 18.9. The smallest absolute Gasteiger partial charge is 0.335 e. The molecular weight excluding hydrogens is 438 g/mol. The van der Waals surface area contributed by atoms with Crippen molar-refractivity contribution in [3.8, 4) is 0 Å². The summed E-state index contributed by atoms with van der Waals surface area (Å²) in [6.45, 7) is 5.51. The first-order chi connectivity index (χ1) is 14.6. The van der Waals surface area contributed by atoms with Crippen LogP contribution in [0.5, 0.6) is 0 Å². The number of nitrogens with one attached hydrogen (secondary N) is 2. The summed E-state index contributed by atoms with van der Waals surface area (Å²) >= 11 is 1.40. The van der Waals surface area contributed by atoms with E-state index in [1.807, 2.05) is 6.92 Å². The van der Waals surface area contributed by atoms with Crippen LogP contribution in [-0.4, -0.2) is 36.4 Å². The molecule has 0 fully saturated rings. The van der Waals surface area contributed by atoms with E-state index in [0.29, 0.717) is 5.56 Å². The first kappa shape index (κ1) is 22.9. The maximum atomic E-state index is 12.9. The molecule has 0 saturated heterocycles. The Bertz CT molecular complexity index is 1220. The lowest BCUT2D eigenvalue weighted by molar-refractivity contribution is -0.123. The predicted octanol–water partition coefficient (Wildman–Crippen LogP) is 2.92. The molecule has 0 aliphatic rings. The zero-order valence-electron chi connectivity index (χ0n) is 17.2. The Morgan fingerprint density at radius 3 is 2.42 bits per heavy atom. The van der Waals surface area contributed by atoms with E-state index in [1.54, 1.807) is 38.1 Å². The van der Waals surface area contributed by atoms with Gasteiger partial charge in [0.2, 0.25) is 15.9 Å². The maximum absolute atomic E-state index is 12.9. The second-order valence-electron chi connectivity index (χ2n) is 7.43. The molecule has 1 atom stereocenters. The van der Waals surface area contributed by atoms with Crippen molar-refractivity contribution >= 4 is 43.5 Å². The minimum atomic E-state index is -3.93. The number of carbonyl (C=O) groups is 2. The molecule has 0 spiro atoms. The number of carboxylic acid groups (broad SMARTS) is 1. The van der Waals surface area contributed by atoms with Crippen LogP contribution >= 0.6 is 11.3 Å². The Balaban J connectivity index is 1.72. The van der Waals surface area contributed by atoms with Gasteiger partial charge in [-0.2, -0.15) is 4.72 Å². The molecule has 31 heavy (non-hydrogen) atoms. The van der Waals surface area contributed by atoms with Crippen LogP contribution in [0, 0.1) is 12.8 Å². The van der Waals surface area contributed by atoms with Gasteiger partial charge in [-0.25, -0.2) is 18.2 Å². The number of rotatable bonds is 8. The number of sulfonamides is 1. The van der Waals surface area contributed by atoms with Gasteiger partial charge in [0.25, 0.3) is 0 Å². The monoisotopic (exact) mass is 461 g/mol. The molecule has 2 aromatic carbocycles. The highest BCUT2D eigenvalue weighted by atomic mass is 32.2. The van der Waals surface area contributed by atoms with Crippen molar-refractivity contribution in [3.63, 3.8) is 0 Å². The lowest BCUT2D eigenvalue weighted by Gasteiger charge is -2.21. The molecule has 3 aromatic rings. The fraction of sp³-hybridized carbons (Fsp3) is 0.286. The van der Waals surface area contributed by atoms with Crippen LogP contribution in [0.25, 0.3) is 10.2 Å². The van der Waals surface area contributed by atoms with E-state index in [4.69, 9.17) is 5.11 Å². The molecule has 1 heterocycles. The number of aromatic nitrogens is 1. The van der Waals surface area contributed by atoms with Crippen LogP contribution in [0.2, 0.25) is 0 Å². The van der Waals surface area contributed by atoms with Gasteiger partial charge in [0.05, 0.1) is 25.7 Å². The summed E-state index contributed by atoms with van der Waals surface area (Å²) in [6, 6.07) is 9.81. The molecule has 1 amide bonds. The van der Waals surface area contributed by atoms with E-state index in [9.17, 15) is 18.0 Å². The van der Waals surface area contributed by atoms with E-state index in [2.05, 4.69) is 15.0 Å². The summed E-state index contributed by atoms with van der Waals surface area (Å²) in [5.74, 6) is -1.79. The lowest BCUT2D eigenvalue weighted by Crippen LogP contribution is -2.49. The Morgan fingerprint density at radius 1 is 1.13 bits per heavy atom. The summed E-state index contributed by atoms with van der Waals surface area (Å²) < 4.78 is 29.1. The van der Waals surface area contributed by atoms with Crippen LogP contribution in [0.15, 0.2) is 47.4 Å². The molecule has 1 aromatic heterocycles. The number of fused-ring (bicyclic) bond motifs is 1. The SMILES string of the molecule is Cc1nc2ccc(S(=O)(=O)NC(C(=O)NCc3ccc(C(=O)O)cc3)C(C)C)cc2s1. The Hall–Kier alpha value is -2.82. The molecule has 0 saturated carbocycles. The third kappa shape index (κ3) is 5.46. The van der Waals surface area contributed by atoms with E-state index >= 15 is 0 Å². The second-order valence-corrected chi connectivity index (χ2v) is 10.4. The van der Waals surface area contributed by atoms with Crippen molar-refractivity contribution in [1.82, 2.24) is 15.0 Å². The van der Waals surface area contributed by atoms with Crippen LogP contribution in [0.4, 0.5) is 0 Å². The molecule has 0 bridgehead atoms. The maximum Gasteiger partial charge on any atom is 0.335 e. The number of hydrogen-bond acceptors (Lipinski definition) is 6. The molecular formula is C21H23N3O5S2. The molecule has 3 N–H and O–H groups in total. The van der Waals surface area contributed by atoms with Crippen LogP contribution in [0.3, 0.4) is 0 Å². The van der Waals surface area contributed by atoms with Crippen molar-refractivity contribution in [2.45, 2.75) is 38.3 Å². The number of aryl methyl sites for hydroxylation is 1. The number of hydrogen-bond donors (Lipinski definition) is 3. The number of amides is 1. The average Bonchev–Trinajstić information content (AvgIpc) is 3.09. The highest BCUT2D eigenvalue weighted by Crippen LogP contribution is 2.25. The molecule has 1 unspecified atom stereocenters.